The highest BCUT2D eigenvalue weighted by atomic mass is 19.1. The smallest absolute Gasteiger partial charge is 0.306 e. The Morgan fingerprint density at radius 3 is 2.56 bits per heavy atom. The molecule has 0 aliphatic rings. The van der Waals surface area contributed by atoms with Crippen LogP contribution in [0.1, 0.15) is 16.8 Å². The van der Waals surface area contributed by atoms with Crippen molar-refractivity contribution in [1.29, 1.82) is 0 Å². The van der Waals surface area contributed by atoms with Crippen LogP contribution < -0.4 is 10.9 Å². The van der Waals surface area contributed by atoms with Gasteiger partial charge in [-0.05, 0) is 36.4 Å². The molecule has 5 N–H and O–H groups in total. The van der Waals surface area contributed by atoms with Gasteiger partial charge in [0.05, 0.1) is 29.3 Å². The maximum absolute atomic E-state index is 15.0. The van der Waals surface area contributed by atoms with Gasteiger partial charge in [-0.2, -0.15) is 0 Å². The molecule has 0 saturated carbocycles. The number of H-pyrrole nitrogens is 2. The van der Waals surface area contributed by atoms with Crippen LogP contribution in [0.15, 0.2) is 47.3 Å². The van der Waals surface area contributed by atoms with E-state index >= 15 is 4.39 Å². The highest BCUT2D eigenvalue weighted by Crippen LogP contribution is 2.29. The molecule has 2 heterocycles. The number of carboxylic acid groups (broad SMARTS) is 1. The second-order valence-corrected chi connectivity index (χ2v) is 7.25. The lowest BCUT2D eigenvalue weighted by Gasteiger charge is -2.09. The van der Waals surface area contributed by atoms with E-state index in [2.05, 4.69) is 15.3 Å². The summed E-state index contributed by atoms with van der Waals surface area (Å²) in [5.74, 6) is -3.10. The van der Waals surface area contributed by atoms with Gasteiger partial charge in [-0.1, -0.05) is 6.07 Å². The van der Waals surface area contributed by atoms with Gasteiger partial charge >= 0.3 is 5.97 Å². The average molecular weight is 441 g/mol. The molecule has 0 saturated heterocycles. The standard InChI is InChI=1S/C22H17F2N3O5/c23-15-2-1-3-16-13(15)8-14(22(32)27-16)20-19(24)12-5-4-10(6-17(12)26-20)21(31)25-9-11(28)7-18(29)30/h1-6,8,11,26,28H,7,9H2,(H,25,31)(H,27,32)(H,29,30). The number of fused-ring (bicyclic) bond motifs is 2. The zero-order valence-corrected chi connectivity index (χ0v) is 16.4. The van der Waals surface area contributed by atoms with E-state index in [4.69, 9.17) is 5.11 Å². The summed E-state index contributed by atoms with van der Waals surface area (Å²) in [7, 11) is 0. The predicted octanol–water partition coefficient (Wildman–Crippen LogP) is 2.52. The molecule has 10 heteroatoms. The first-order valence-electron chi connectivity index (χ1n) is 9.56. The van der Waals surface area contributed by atoms with E-state index in [-0.39, 0.29) is 45.2 Å². The highest BCUT2D eigenvalue weighted by molar-refractivity contribution is 5.99. The number of amides is 1. The van der Waals surface area contributed by atoms with Crippen LogP contribution in [-0.2, 0) is 4.79 Å². The van der Waals surface area contributed by atoms with Crippen LogP contribution in [-0.4, -0.2) is 44.7 Å². The molecule has 0 bridgehead atoms. The number of carbonyl (C=O) groups is 2. The monoisotopic (exact) mass is 441 g/mol. The highest BCUT2D eigenvalue weighted by Gasteiger charge is 2.19. The molecule has 0 radical (unpaired) electrons. The Labute approximate surface area is 178 Å². The number of carbonyl (C=O) groups excluding carboxylic acids is 1. The molecule has 8 nitrogen and oxygen atoms in total. The number of aromatic nitrogens is 2. The van der Waals surface area contributed by atoms with E-state index in [0.717, 1.165) is 0 Å². The van der Waals surface area contributed by atoms with E-state index in [1.165, 1.54) is 42.5 Å². The fraction of sp³-hybridized carbons (Fsp3) is 0.136. The number of nitrogens with one attached hydrogen (secondary N) is 3. The summed E-state index contributed by atoms with van der Waals surface area (Å²) in [5, 5.41) is 20.9. The number of halogens is 2. The molecule has 164 valence electrons. The summed E-state index contributed by atoms with van der Waals surface area (Å²) in [6.45, 7) is -0.272. The molecule has 0 spiro atoms. The van der Waals surface area contributed by atoms with Crippen LogP contribution in [0.25, 0.3) is 33.1 Å². The molecule has 32 heavy (non-hydrogen) atoms. The minimum absolute atomic E-state index is 0.0981. The third-order valence-corrected chi connectivity index (χ3v) is 5.01. The number of rotatable bonds is 6. The molecule has 4 rings (SSSR count). The first kappa shape index (κ1) is 21.2. The maximum Gasteiger partial charge on any atom is 0.306 e. The largest absolute Gasteiger partial charge is 0.481 e. The van der Waals surface area contributed by atoms with Gasteiger partial charge in [0.2, 0.25) is 0 Å². The third-order valence-electron chi connectivity index (χ3n) is 5.01. The molecule has 2 aromatic carbocycles. The summed E-state index contributed by atoms with van der Waals surface area (Å²) in [6, 6.07) is 9.53. The summed E-state index contributed by atoms with van der Waals surface area (Å²) in [6.07, 6.45) is -1.78. The molecule has 1 atom stereocenters. The Balaban J connectivity index is 1.68. The lowest BCUT2D eigenvalue weighted by atomic mass is 10.1. The molecule has 2 aromatic heterocycles. The summed E-state index contributed by atoms with van der Waals surface area (Å²) < 4.78 is 29.2. The van der Waals surface area contributed by atoms with Crippen molar-refractivity contribution in [2.24, 2.45) is 0 Å². The molecule has 4 aromatic rings. The van der Waals surface area contributed by atoms with Crippen molar-refractivity contribution < 1.29 is 28.6 Å². The zero-order valence-electron chi connectivity index (χ0n) is 16.4. The Hall–Kier alpha value is -4.05. The molecule has 1 amide bonds. The van der Waals surface area contributed by atoms with E-state index in [1.54, 1.807) is 0 Å². The number of carboxylic acids is 1. The van der Waals surface area contributed by atoms with Crippen molar-refractivity contribution in [3.8, 4) is 11.3 Å². The number of hydrogen-bond acceptors (Lipinski definition) is 4. The van der Waals surface area contributed by atoms with Crippen molar-refractivity contribution in [3.05, 3.63) is 70.0 Å². The van der Waals surface area contributed by atoms with Crippen molar-refractivity contribution in [1.82, 2.24) is 15.3 Å². The Morgan fingerprint density at radius 2 is 1.81 bits per heavy atom. The summed E-state index contributed by atoms with van der Waals surface area (Å²) in [4.78, 5) is 40.7. The first-order valence-corrected chi connectivity index (χ1v) is 9.56. The third kappa shape index (κ3) is 3.95. The molecule has 0 aliphatic heterocycles. The van der Waals surface area contributed by atoms with Gasteiger partial charge in [0.15, 0.2) is 5.82 Å². The van der Waals surface area contributed by atoms with Crippen molar-refractivity contribution in [3.63, 3.8) is 0 Å². The molecule has 1 unspecified atom stereocenters. The zero-order chi connectivity index (χ0) is 23.0. The van der Waals surface area contributed by atoms with Gasteiger partial charge in [-0.15, -0.1) is 0 Å². The summed E-state index contributed by atoms with van der Waals surface area (Å²) >= 11 is 0. The van der Waals surface area contributed by atoms with Gasteiger partial charge in [0, 0.05) is 28.4 Å². The minimum atomic E-state index is -1.25. The van der Waals surface area contributed by atoms with Crippen LogP contribution >= 0.6 is 0 Å². The topological polar surface area (TPSA) is 135 Å². The van der Waals surface area contributed by atoms with E-state index in [1.807, 2.05) is 0 Å². The first-order chi connectivity index (χ1) is 15.2. The van der Waals surface area contributed by atoms with Crippen LogP contribution in [0.3, 0.4) is 0 Å². The van der Waals surface area contributed by atoms with Crippen molar-refractivity contribution >= 4 is 33.7 Å². The lowest BCUT2D eigenvalue weighted by Crippen LogP contribution is -2.33. The van der Waals surface area contributed by atoms with Crippen LogP contribution in [0.4, 0.5) is 8.78 Å². The number of pyridine rings is 1. The second kappa shape index (κ2) is 8.23. The van der Waals surface area contributed by atoms with Crippen molar-refractivity contribution in [2.45, 2.75) is 12.5 Å². The average Bonchev–Trinajstić information content (AvgIpc) is 3.07. The normalized spacial score (nSPS) is 12.2. The van der Waals surface area contributed by atoms with Crippen LogP contribution in [0, 0.1) is 11.6 Å². The van der Waals surface area contributed by atoms with Crippen molar-refractivity contribution in [2.75, 3.05) is 6.54 Å². The van der Waals surface area contributed by atoms with Gasteiger partial charge < -0.3 is 25.5 Å². The Bertz CT molecular complexity index is 1430. The number of hydrogen-bond donors (Lipinski definition) is 5. The van der Waals surface area contributed by atoms with Gasteiger partial charge in [-0.25, -0.2) is 8.78 Å². The molecular formula is C22H17F2N3O5. The molecule has 0 aliphatic carbocycles. The summed E-state index contributed by atoms with van der Waals surface area (Å²) in [5.41, 5.74) is -0.228. The maximum atomic E-state index is 15.0. The van der Waals surface area contributed by atoms with Gasteiger partial charge in [0.1, 0.15) is 5.82 Å². The second-order valence-electron chi connectivity index (χ2n) is 7.25. The number of aromatic amines is 2. The Morgan fingerprint density at radius 1 is 1.03 bits per heavy atom. The fourth-order valence-corrected chi connectivity index (χ4v) is 3.45. The predicted molar refractivity (Wildman–Crippen MR) is 112 cm³/mol. The minimum Gasteiger partial charge on any atom is -0.481 e. The number of aliphatic hydroxyl groups excluding tert-OH is 1. The van der Waals surface area contributed by atoms with E-state index in [0.29, 0.717) is 0 Å². The number of aliphatic hydroxyl groups is 1. The van der Waals surface area contributed by atoms with E-state index in [9.17, 15) is 23.9 Å². The molecular weight excluding hydrogens is 424 g/mol. The fourth-order valence-electron chi connectivity index (χ4n) is 3.45. The number of aliphatic carboxylic acids is 1. The molecule has 0 fully saturated rings. The number of benzene rings is 2. The van der Waals surface area contributed by atoms with E-state index < -0.39 is 41.6 Å². The Kier molecular flexibility index (Phi) is 5.45. The van der Waals surface area contributed by atoms with Gasteiger partial charge in [0.25, 0.3) is 11.5 Å². The lowest BCUT2D eigenvalue weighted by molar-refractivity contribution is -0.139. The quantitative estimate of drug-likeness (QED) is 0.313. The van der Waals surface area contributed by atoms with Gasteiger partial charge in [-0.3, -0.25) is 14.4 Å². The van der Waals surface area contributed by atoms with Crippen LogP contribution in [0.2, 0.25) is 0 Å². The van der Waals surface area contributed by atoms with Crippen LogP contribution in [0.5, 0.6) is 0 Å². The SMILES string of the molecule is O=C(O)CC(O)CNC(=O)c1ccc2c(F)c(-c3cc4c(F)cccc4[nH]c3=O)[nH]c2c1.